The summed E-state index contributed by atoms with van der Waals surface area (Å²) < 4.78 is 1.69. The summed E-state index contributed by atoms with van der Waals surface area (Å²) in [6, 6.07) is 2.78. The Morgan fingerprint density at radius 2 is 2.43 bits per heavy atom. The van der Waals surface area contributed by atoms with Crippen LogP contribution in [0.1, 0.15) is 0 Å². The molecule has 0 atom stereocenters. The van der Waals surface area contributed by atoms with Crippen molar-refractivity contribution in [2.75, 3.05) is 0 Å². The van der Waals surface area contributed by atoms with Gasteiger partial charge in [-0.15, -0.1) is 6.20 Å². The van der Waals surface area contributed by atoms with Crippen LogP contribution in [0.15, 0.2) is 12.4 Å². The molecule has 0 unspecified atom stereocenters. The molecular weight excluding hydrogens is 135 g/mol. The van der Waals surface area contributed by atoms with Crippen LogP contribution < -0.4 is 0 Å². The summed E-state index contributed by atoms with van der Waals surface area (Å²) in [6.07, 6.45) is 3.39. The van der Waals surface area contributed by atoms with E-state index in [-0.39, 0.29) is 16.8 Å². The fraction of sp³-hybridized carbons (Fsp3) is 0.250. The van der Waals surface area contributed by atoms with Gasteiger partial charge in [0.2, 0.25) is 0 Å². The van der Waals surface area contributed by atoms with Gasteiger partial charge >= 0.3 is 0 Å². The van der Waals surface area contributed by atoms with E-state index in [9.17, 15) is 0 Å². The molecule has 1 radical (unpaired) electrons. The molecule has 0 bridgehead atoms. The molecule has 0 aliphatic rings. The van der Waals surface area contributed by atoms with Gasteiger partial charge in [-0.2, -0.15) is 6.20 Å². The standard InChI is InChI=1S/C4H5N2.Co/c1-6-4-2-3-5-6;/h3-4H,1H3;/q-1;. The molecule has 2 nitrogen and oxygen atoms in total. The second kappa shape index (κ2) is 2.82. The molecule has 3 heteroatoms. The summed E-state index contributed by atoms with van der Waals surface area (Å²) >= 11 is 0. The largest absolute Gasteiger partial charge is 0.432 e. The van der Waals surface area contributed by atoms with Crippen molar-refractivity contribution >= 4 is 0 Å². The zero-order valence-corrected chi connectivity index (χ0v) is 4.92. The van der Waals surface area contributed by atoms with Crippen LogP contribution in [0.2, 0.25) is 0 Å². The van der Waals surface area contributed by atoms with E-state index >= 15 is 0 Å². The fourth-order valence-corrected chi connectivity index (χ4v) is 0.299. The first-order chi connectivity index (χ1) is 2.89. The number of hydrogen-bond donors (Lipinski definition) is 0. The van der Waals surface area contributed by atoms with E-state index in [1.54, 1.807) is 17.1 Å². The predicted molar refractivity (Wildman–Crippen MR) is 22.0 cm³/mol. The van der Waals surface area contributed by atoms with E-state index in [1.165, 1.54) is 0 Å². The van der Waals surface area contributed by atoms with Crippen LogP contribution in [0.4, 0.5) is 0 Å². The molecule has 1 heterocycles. The van der Waals surface area contributed by atoms with Crippen LogP contribution >= 0.6 is 0 Å². The van der Waals surface area contributed by atoms with Gasteiger partial charge in [-0.25, -0.2) is 5.10 Å². The summed E-state index contributed by atoms with van der Waals surface area (Å²) in [6.45, 7) is 0. The van der Waals surface area contributed by atoms with E-state index in [4.69, 9.17) is 0 Å². The van der Waals surface area contributed by atoms with Gasteiger partial charge in [-0.05, 0) is 0 Å². The van der Waals surface area contributed by atoms with Gasteiger partial charge in [0.15, 0.2) is 0 Å². The maximum atomic E-state index is 3.78. The van der Waals surface area contributed by atoms with Crippen molar-refractivity contribution in [1.29, 1.82) is 0 Å². The Bertz CT molecular complexity index is 113. The van der Waals surface area contributed by atoms with Crippen molar-refractivity contribution in [3.63, 3.8) is 0 Å². The molecule has 0 saturated carbocycles. The molecule has 41 valence electrons. The van der Waals surface area contributed by atoms with Gasteiger partial charge in [0.25, 0.3) is 0 Å². The topological polar surface area (TPSA) is 17.8 Å². The Kier molecular flexibility index (Phi) is 2.70. The van der Waals surface area contributed by atoms with Gasteiger partial charge in [-0.3, -0.25) is 0 Å². The van der Waals surface area contributed by atoms with Crippen molar-refractivity contribution in [2.24, 2.45) is 7.05 Å². The van der Waals surface area contributed by atoms with Crippen LogP contribution in [0, 0.1) is 6.07 Å². The van der Waals surface area contributed by atoms with Gasteiger partial charge in [0.1, 0.15) is 0 Å². The maximum absolute atomic E-state index is 3.78. The smallest absolute Gasteiger partial charge is 0.0262 e. The molecule has 1 rings (SSSR count). The van der Waals surface area contributed by atoms with Gasteiger partial charge in [-0.1, -0.05) is 0 Å². The van der Waals surface area contributed by atoms with E-state index in [0.717, 1.165) is 0 Å². The average molecular weight is 140 g/mol. The minimum atomic E-state index is 0. The number of rotatable bonds is 0. The van der Waals surface area contributed by atoms with Crippen molar-refractivity contribution in [3.8, 4) is 0 Å². The Morgan fingerprint density at radius 3 is 2.57 bits per heavy atom. The average Bonchev–Trinajstić information content (AvgIpc) is 1.86. The molecule has 0 aromatic carbocycles. The molecule has 0 spiro atoms. The van der Waals surface area contributed by atoms with E-state index < -0.39 is 0 Å². The fourth-order valence-electron chi connectivity index (χ4n) is 0.299. The second-order valence-electron chi connectivity index (χ2n) is 1.11. The number of aromatic nitrogens is 2. The minimum Gasteiger partial charge on any atom is -0.432 e. The van der Waals surface area contributed by atoms with Crippen LogP contribution in [0.3, 0.4) is 0 Å². The monoisotopic (exact) mass is 140 g/mol. The quantitative estimate of drug-likeness (QED) is 0.471. The summed E-state index contributed by atoms with van der Waals surface area (Å²) in [5.41, 5.74) is 0. The van der Waals surface area contributed by atoms with Crippen molar-refractivity contribution < 1.29 is 16.8 Å². The first kappa shape index (κ1) is 6.72. The van der Waals surface area contributed by atoms with Gasteiger partial charge in [0, 0.05) is 23.8 Å². The molecular formula is C4H5CoN2-. The number of hydrogen-bond acceptors (Lipinski definition) is 1. The molecule has 7 heavy (non-hydrogen) atoms. The molecule has 0 fully saturated rings. The Morgan fingerprint density at radius 1 is 1.71 bits per heavy atom. The molecule has 0 amide bonds. The summed E-state index contributed by atoms with van der Waals surface area (Å²) in [4.78, 5) is 0. The summed E-state index contributed by atoms with van der Waals surface area (Å²) in [7, 11) is 1.86. The molecule has 1 aromatic rings. The second-order valence-corrected chi connectivity index (χ2v) is 1.11. The minimum absolute atomic E-state index is 0. The van der Waals surface area contributed by atoms with E-state index in [2.05, 4.69) is 11.2 Å². The van der Waals surface area contributed by atoms with Crippen LogP contribution in [0.5, 0.6) is 0 Å². The molecule has 0 aliphatic heterocycles. The number of aryl methyl sites for hydroxylation is 1. The Hall–Kier alpha value is -0.284. The molecule has 0 N–H and O–H groups in total. The van der Waals surface area contributed by atoms with Crippen LogP contribution in [-0.4, -0.2) is 9.78 Å². The van der Waals surface area contributed by atoms with Crippen molar-refractivity contribution in [1.82, 2.24) is 9.78 Å². The van der Waals surface area contributed by atoms with E-state index in [1.807, 2.05) is 7.05 Å². The van der Waals surface area contributed by atoms with E-state index in [0.29, 0.717) is 0 Å². The van der Waals surface area contributed by atoms with Crippen molar-refractivity contribution in [2.45, 2.75) is 0 Å². The third kappa shape index (κ3) is 1.75. The maximum Gasteiger partial charge on any atom is 0.0262 e. The first-order valence-corrected chi connectivity index (χ1v) is 1.74. The Labute approximate surface area is 52.7 Å². The van der Waals surface area contributed by atoms with Gasteiger partial charge < -0.3 is 10.7 Å². The molecule has 0 aliphatic carbocycles. The van der Waals surface area contributed by atoms with Crippen molar-refractivity contribution in [3.05, 3.63) is 18.5 Å². The normalized spacial score (nSPS) is 7.57. The molecule has 0 saturated heterocycles. The van der Waals surface area contributed by atoms with Crippen LogP contribution in [-0.2, 0) is 23.8 Å². The summed E-state index contributed by atoms with van der Waals surface area (Å²) in [5, 5.41) is 3.78. The summed E-state index contributed by atoms with van der Waals surface area (Å²) in [5.74, 6) is 0. The third-order valence-electron chi connectivity index (χ3n) is 0.576. The zero-order valence-electron chi connectivity index (χ0n) is 3.88. The SMILES string of the molecule is Cn1c[c-]cn1.[Co]. The first-order valence-electron chi connectivity index (χ1n) is 1.74. The number of nitrogens with zero attached hydrogens (tertiary/aromatic N) is 2. The van der Waals surface area contributed by atoms with Gasteiger partial charge in [0.05, 0.1) is 0 Å². The predicted octanol–water partition coefficient (Wildman–Crippen LogP) is 0.218. The Balaban J connectivity index is 0.000000360. The van der Waals surface area contributed by atoms with Crippen LogP contribution in [0.25, 0.3) is 0 Å². The molecule has 1 aromatic heterocycles. The zero-order chi connectivity index (χ0) is 4.41. The third-order valence-corrected chi connectivity index (χ3v) is 0.576.